The van der Waals surface area contributed by atoms with Crippen molar-refractivity contribution in [3.05, 3.63) is 29.3 Å². The maximum absolute atomic E-state index is 12.0. The number of para-hydroxylation sites is 1. The van der Waals surface area contributed by atoms with E-state index in [9.17, 15) is 15.0 Å². The van der Waals surface area contributed by atoms with Gasteiger partial charge in [-0.1, -0.05) is 12.1 Å². The summed E-state index contributed by atoms with van der Waals surface area (Å²) in [5.74, 6) is -0.174. The normalized spacial score (nSPS) is 20.1. The average molecular weight is 221 g/mol. The van der Waals surface area contributed by atoms with Gasteiger partial charge in [0.2, 0.25) is 0 Å². The Morgan fingerprint density at radius 2 is 2.25 bits per heavy atom. The van der Waals surface area contributed by atoms with E-state index in [1.807, 2.05) is 0 Å². The highest BCUT2D eigenvalue weighted by atomic mass is 16.3. The van der Waals surface area contributed by atoms with Crippen LogP contribution in [0, 0.1) is 6.92 Å². The maximum atomic E-state index is 12.0. The standard InChI is InChI=1S/C12H15NO3/c1-8-3-2-4-10(11(8)15)12(16)13-6-5-9(14)7-13/h2-4,9,14-15H,5-7H2,1H3/t9-/m1/s1. The zero-order valence-corrected chi connectivity index (χ0v) is 9.18. The van der Waals surface area contributed by atoms with Gasteiger partial charge in [-0.05, 0) is 25.0 Å². The molecule has 4 heteroatoms. The van der Waals surface area contributed by atoms with Crippen molar-refractivity contribution in [2.24, 2.45) is 0 Å². The number of phenolic OH excluding ortho intramolecular Hbond substituents is 1. The van der Waals surface area contributed by atoms with Gasteiger partial charge < -0.3 is 15.1 Å². The number of aromatic hydroxyl groups is 1. The Kier molecular flexibility index (Phi) is 2.83. The third kappa shape index (κ3) is 1.88. The number of β-amino-alcohol motifs (C(OH)–C–C–N with tert-alkyl or cyclic N) is 1. The Bertz CT molecular complexity index is 417. The SMILES string of the molecule is Cc1cccc(C(=O)N2CC[C@@H](O)C2)c1O. The zero-order valence-electron chi connectivity index (χ0n) is 9.18. The molecule has 1 heterocycles. The molecule has 1 aliphatic rings. The molecule has 4 nitrogen and oxygen atoms in total. The topological polar surface area (TPSA) is 60.8 Å². The first-order valence-corrected chi connectivity index (χ1v) is 5.35. The Morgan fingerprint density at radius 1 is 1.50 bits per heavy atom. The number of rotatable bonds is 1. The summed E-state index contributed by atoms with van der Waals surface area (Å²) in [5, 5.41) is 19.1. The van der Waals surface area contributed by atoms with Crippen molar-refractivity contribution in [3.63, 3.8) is 0 Å². The van der Waals surface area contributed by atoms with Gasteiger partial charge in [-0.3, -0.25) is 4.79 Å². The third-order valence-electron chi connectivity index (χ3n) is 2.92. The number of amides is 1. The molecule has 16 heavy (non-hydrogen) atoms. The Labute approximate surface area is 94.1 Å². The lowest BCUT2D eigenvalue weighted by Gasteiger charge is -2.16. The molecule has 2 rings (SSSR count). The van der Waals surface area contributed by atoms with E-state index in [2.05, 4.69) is 0 Å². The number of phenols is 1. The molecule has 1 atom stereocenters. The van der Waals surface area contributed by atoms with Crippen LogP contribution in [-0.2, 0) is 0 Å². The lowest BCUT2D eigenvalue weighted by Crippen LogP contribution is -2.29. The van der Waals surface area contributed by atoms with Crippen molar-refractivity contribution < 1.29 is 15.0 Å². The highest BCUT2D eigenvalue weighted by molar-refractivity contribution is 5.97. The van der Waals surface area contributed by atoms with Gasteiger partial charge >= 0.3 is 0 Å². The quantitative estimate of drug-likeness (QED) is 0.741. The van der Waals surface area contributed by atoms with E-state index >= 15 is 0 Å². The molecule has 0 aliphatic carbocycles. The van der Waals surface area contributed by atoms with Gasteiger partial charge in [0.25, 0.3) is 5.91 Å². The number of nitrogens with zero attached hydrogens (tertiary/aromatic N) is 1. The summed E-state index contributed by atoms with van der Waals surface area (Å²) in [4.78, 5) is 13.6. The summed E-state index contributed by atoms with van der Waals surface area (Å²) >= 11 is 0. The number of carbonyl (C=O) groups is 1. The van der Waals surface area contributed by atoms with Crippen LogP contribution in [0.2, 0.25) is 0 Å². The van der Waals surface area contributed by atoms with E-state index in [0.717, 1.165) is 0 Å². The summed E-state index contributed by atoms with van der Waals surface area (Å²) in [6.07, 6.45) is 0.175. The first kappa shape index (κ1) is 11.0. The summed E-state index contributed by atoms with van der Waals surface area (Å²) in [6, 6.07) is 5.11. The van der Waals surface area contributed by atoms with Crippen LogP contribution in [0.4, 0.5) is 0 Å². The van der Waals surface area contributed by atoms with Gasteiger partial charge in [-0.15, -0.1) is 0 Å². The van der Waals surface area contributed by atoms with Crippen molar-refractivity contribution in [1.29, 1.82) is 0 Å². The van der Waals surface area contributed by atoms with E-state index in [1.54, 1.807) is 30.0 Å². The van der Waals surface area contributed by atoms with Gasteiger partial charge in [-0.2, -0.15) is 0 Å². The lowest BCUT2D eigenvalue weighted by atomic mass is 10.1. The minimum atomic E-state index is -0.434. The van der Waals surface area contributed by atoms with Crippen molar-refractivity contribution in [2.75, 3.05) is 13.1 Å². The summed E-state index contributed by atoms with van der Waals surface area (Å²) in [7, 11) is 0. The molecule has 1 fully saturated rings. The summed E-state index contributed by atoms with van der Waals surface area (Å²) in [5.41, 5.74) is 1.000. The summed E-state index contributed by atoms with van der Waals surface area (Å²) in [6.45, 7) is 2.66. The minimum Gasteiger partial charge on any atom is -0.507 e. The predicted molar refractivity (Wildman–Crippen MR) is 59.4 cm³/mol. The molecule has 1 aromatic rings. The maximum Gasteiger partial charge on any atom is 0.257 e. The van der Waals surface area contributed by atoms with Gasteiger partial charge in [0.05, 0.1) is 11.7 Å². The summed E-state index contributed by atoms with van der Waals surface area (Å²) < 4.78 is 0. The van der Waals surface area contributed by atoms with E-state index in [0.29, 0.717) is 30.6 Å². The van der Waals surface area contributed by atoms with E-state index in [-0.39, 0.29) is 11.7 Å². The second-order valence-electron chi connectivity index (χ2n) is 4.16. The molecular weight excluding hydrogens is 206 g/mol. The van der Waals surface area contributed by atoms with Crippen molar-refractivity contribution in [2.45, 2.75) is 19.4 Å². The smallest absolute Gasteiger partial charge is 0.257 e. The van der Waals surface area contributed by atoms with Gasteiger partial charge in [0.15, 0.2) is 0 Å². The van der Waals surface area contributed by atoms with Gasteiger partial charge in [-0.25, -0.2) is 0 Å². The van der Waals surface area contributed by atoms with E-state index < -0.39 is 6.10 Å². The molecule has 1 aromatic carbocycles. The molecule has 2 N–H and O–H groups in total. The fraction of sp³-hybridized carbons (Fsp3) is 0.417. The molecule has 86 valence electrons. The number of aryl methyl sites for hydroxylation is 1. The van der Waals surface area contributed by atoms with Gasteiger partial charge in [0.1, 0.15) is 5.75 Å². The van der Waals surface area contributed by atoms with Crippen LogP contribution in [0.3, 0.4) is 0 Å². The van der Waals surface area contributed by atoms with Crippen LogP contribution >= 0.6 is 0 Å². The van der Waals surface area contributed by atoms with Crippen molar-refractivity contribution >= 4 is 5.91 Å². The predicted octanol–water partition coefficient (Wildman–Crippen LogP) is 0.907. The molecular formula is C12H15NO3. The van der Waals surface area contributed by atoms with Crippen LogP contribution in [0.15, 0.2) is 18.2 Å². The van der Waals surface area contributed by atoms with Crippen LogP contribution in [0.25, 0.3) is 0 Å². The number of carbonyl (C=O) groups excluding carboxylic acids is 1. The molecule has 1 saturated heterocycles. The van der Waals surface area contributed by atoms with E-state index in [4.69, 9.17) is 0 Å². The van der Waals surface area contributed by atoms with Crippen molar-refractivity contribution in [1.82, 2.24) is 4.90 Å². The molecule has 1 aliphatic heterocycles. The molecule has 0 spiro atoms. The first-order valence-electron chi connectivity index (χ1n) is 5.35. The van der Waals surface area contributed by atoms with Crippen LogP contribution < -0.4 is 0 Å². The second-order valence-corrected chi connectivity index (χ2v) is 4.16. The fourth-order valence-corrected chi connectivity index (χ4v) is 1.93. The lowest BCUT2D eigenvalue weighted by molar-refractivity contribution is 0.0762. The number of benzene rings is 1. The highest BCUT2D eigenvalue weighted by Crippen LogP contribution is 2.24. The van der Waals surface area contributed by atoms with Crippen LogP contribution in [0.1, 0.15) is 22.3 Å². The van der Waals surface area contributed by atoms with Crippen molar-refractivity contribution in [3.8, 4) is 5.75 Å². The third-order valence-corrected chi connectivity index (χ3v) is 2.92. The Hall–Kier alpha value is -1.55. The first-order chi connectivity index (χ1) is 7.59. The highest BCUT2D eigenvalue weighted by Gasteiger charge is 2.26. The minimum absolute atomic E-state index is 0.0360. The number of aliphatic hydroxyl groups is 1. The molecule has 0 aromatic heterocycles. The number of aliphatic hydroxyl groups excluding tert-OH is 1. The molecule has 0 bridgehead atoms. The average Bonchev–Trinajstić information content (AvgIpc) is 2.68. The Morgan fingerprint density at radius 3 is 2.88 bits per heavy atom. The molecule has 0 saturated carbocycles. The Balaban J connectivity index is 2.24. The molecule has 1 amide bonds. The zero-order chi connectivity index (χ0) is 11.7. The fourth-order valence-electron chi connectivity index (χ4n) is 1.93. The van der Waals surface area contributed by atoms with Crippen LogP contribution in [-0.4, -0.2) is 40.2 Å². The largest absolute Gasteiger partial charge is 0.507 e. The molecule has 0 radical (unpaired) electrons. The van der Waals surface area contributed by atoms with Crippen LogP contribution in [0.5, 0.6) is 5.75 Å². The number of likely N-dealkylation sites (tertiary alicyclic amines) is 1. The van der Waals surface area contributed by atoms with Gasteiger partial charge in [0, 0.05) is 13.1 Å². The number of hydrogen-bond acceptors (Lipinski definition) is 3. The molecule has 0 unspecified atom stereocenters. The van der Waals surface area contributed by atoms with E-state index in [1.165, 1.54) is 0 Å². The monoisotopic (exact) mass is 221 g/mol. The number of hydrogen-bond donors (Lipinski definition) is 2. The second kappa shape index (κ2) is 4.14.